The normalized spacial score (nSPS) is 20.5. The third-order valence-corrected chi connectivity index (χ3v) is 3.64. The molecule has 0 bridgehead atoms. The Kier molecular flexibility index (Phi) is 4.02. The number of likely N-dealkylation sites (tertiary alicyclic amines) is 1. The van der Waals surface area contributed by atoms with Crippen LogP contribution in [0.5, 0.6) is 0 Å². The molecule has 1 N–H and O–H groups in total. The minimum Gasteiger partial charge on any atom is -0.389 e. The van der Waals surface area contributed by atoms with Crippen molar-refractivity contribution in [3.63, 3.8) is 0 Å². The zero-order chi connectivity index (χ0) is 13.2. The van der Waals surface area contributed by atoms with Crippen molar-refractivity contribution in [3.05, 3.63) is 12.2 Å². The Labute approximate surface area is 109 Å². The molecule has 0 unspecified atom stereocenters. The van der Waals surface area contributed by atoms with Crippen molar-refractivity contribution in [1.82, 2.24) is 19.7 Å². The minimum absolute atomic E-state index is 0.539. The van der Waals surface area contributed by atoms with E-state index in [4.69, 9.17) is 0 Å². The van der Waals surface area contributed by atoms with Gasteiger partial charge in [-0.3, -0.25) is 0 Å². The summed E-state index contributed by atoms with van der Waals surface area (Å²) < 4.78 is 1.93. The van der Waals surface area contributed by atoms with E-state index < -0.39 is 5.60 Å². The van der Waals surface area contributed by atoms with Crippen LogP contribution < -0.4 is 0 Å². The van der Waals surface area contributed by atoms with Crippen molar-refractivity contribution in [1.29, 1.82) is 0 Å². The highest BCUT2D eigenvalue weighted by atomic mass is 16.3. The van der Waals surface area contributed by atoms with Gasteiger partial charge in [0.25, 0.3) is 0 Å². The molecule has 1 aliphatic heterocycles. The van der Waals surface area contributed by atoms with Crippen LogP contribution in [0.3, 0.4) is 0 Å². The zero-order valence-electron chi connectivity index (χ0n) is 11.6. The first kappa shape index (κ1) is 13.5. The Bertz CT molecular complexity index is 380. The van der Waals surface area contributed by atoms with Gasteiger partial charge in [-0.2, -0.15) is 5.10 Å². The maximum absolute atomic E-state index is 10.6. The highest BCUT2D eigenvalue weighted by molar-refractivity contribution is 4.97. The third-order valence-electron chi connectivity index (χ3n) is 3.64. The van der Waals surface area contributed by atoms with Crippen LogP contribution in [0.4, 0.5) is 0 Å². The Morgan fingerprint density at radius 3 is 2.67 bits per heavy atom. The Hall–Kier alpha value is -0.940. The van der Waals surface area contributed by atoms with Crippen LogP contribution in [0.25, 0.3) is 0 Å². The lowest BCUT2D eigenvalue weighted by molar-refractivity contribution is -0.0173. The molecule has 1 aromatic rings. The molecule has 1 aliphatic rings. The predicted octanol–water partition coefficient (Wildman–Crippen LogP) is 0.933. The van der Waals surface area contributed by atoms with E-state index in [-0.39, 0.29) is 0 Å². The molecular weight excluding hydrogens is 228 g/mol. The Morgan fingerprint density at radius 2 is 2.06 bits per heavy atom. The van der Waals surface area contributed by atoms with E-state index in [1.807, 2.05) is 4.68 Å². The number of aromatic nitrogens is 3. The summed E-state index contributed by atoms with van der Waals surface area (Å²) in [5, 5.41) is 14.9. The topological polar surface area (TPSA) is 54.2 Å². The molecule has 2 heterocycles. The number of hydrogen-bond acceptors (Lipinski definition) is 4. The first-order valence-corrected chi connectivity index (χ1v) is 6.76. The van der Waals surface area contributed by atoms with Crippen LogP contribution in [0.15, 0.2) is 6.33 Å². The molecule has 1 fully saturated rings. The van der Waals surface area contributed by atoms with Crippen LogP contribution in [0.2, 0.25) is 0 Å². The molecule has 1 saturated heterocycles. The Balaban J connectivity index is 2.02. The molecule has 5 heteroatoms. The fourth-order valence-electron chi connectivity index (χ4n) is 2.43. The lowest BCUT2D eigenvalue weighted by Crippen LogP contribution is -2.44. The summed E-state index contributed by atoms with van der Waals surface area (Å²) in [6, 6.07) is 0. The molecule has 0 spiro atoms. The highest BCUT2D eigenvalue weighted by Crippen LogP contribution is 2.25. The lowest BCUT2D eigenvalue weighted by atomic mass is 9.88. The molecule has 18 heavy (non-hydrogen) atoms. The number of nitrogens with zero attached hydrogens (tertiary/aromatic N) is 4. The molecule has 2 rings (SSSR count). The van der Waals surface area contributed by atoms with Crippen LogP contribution in [0, 0.1) is 5.92 Å². The second kappa shape index (κ2) is 5.36. The summed E-state index contributed by atoms with van der Waals surface area (Å²) in [5.74, 6) is 1.45. The molecule has 1 aromatic heterocycles. The van der Waals surface area contributed by atoms with Crippen molar-refractivity contribution >= 4 is 0 Å². The standard InChI is InChI=1S/C13H24N4O/c1-11(2)9-17-12(14-10-15-17)8-13(18)4-6-16(3)7-5-13/h10-11,18H,4-9H2,1-3H3. The molecule has 0 saturated carbocycles. The fraction of sp³-hybridized carbons (Fsp3) is 0.846. The van der Waals surface area contributed by atoms with Gasteiger partial charge < -0.3 is 10.0 Å². The summed E-state index contributed by atoms with van der Waals surface area (Å²) >= 11 is 0. The molecule has 0 radical (unpaired) electrons. The molecule has 0 aliphatic carbocycles. The van der Waals surface area contributed by atoms with E-state index in [1.54, 1.807) is 6.33 Å². The van der Waals surface area contributed by atoms with Gasteiger partial charge in [0.2, 0.25) is 0 Å². The lowest BCUT2D eigenvalue weighted by Gasteiger charge is -2.36. The number of piperidine rings is 1. The second-order valence-corrected chi connectivity index (χ2v) is 5.96. The van der Waals surface area contributed by atoms with Gasteiger partial charge in [0.15, 0.2) is 0 Å². The first-order valence-electron chi connectivity index (χ1n) is 6.76. The average Bonchev–Trinajstić information content (AvgIpc) is 2.70. The van der Waals surface area contributed by atoms with Gasteiger partial charge in [0.05, 0.1) is 5.60 Å². The van der Waals surface area contributed by atoms with E-state index in [1.165, 1.54) is 0 Å². The molecule has 0 atom stereocenters. The van der Waals surface area contributed by atoms with Crippen molar-refractivity contribution in [2.24, 2.45) is 5.92 Å². The summed E-state index contributed by atoms with van der Waals surface area (Å²) in [6.07, 6.45) is 3.85. The Morgan fingerprint density at radius 1 is 1.39 bits per heavy atom. The van der Waals surface area contributed by atoms with E-state index >= 15 is 0 Å². The number of hydrogen-bond donors (Lipinski definition) is 1. The summed E-state index contributed by atoms with van der Waals surface area (Å²) in [4.78, 5) is 6.56. The summed E-state index contributed by atoms with van der Waals surface area (Å²) in [7, 11) is 2.10. The average molecular weight is 252 g/mol. The number of rotatable bonds is 4. The third kappa shape index (κ3) is 3.29. The van der Waals surface area contributed by atoms with Gasteiger partial charge in [-0.1, -0.05) is 13.8 Å². The molecular formula is C13H24N4O. The molecule has 5 nitrogen and oxygen atoms in total. The van der Waals surface area contributed by atoms with Crippen molar-refractivity contribution < 1.29 is 5.11 Å². The smallest absolute Gasteiger partial charge is 0.138 e. The monoisotopic (exact) mass is 252 g/mol. The molecule has 0 aromatic carbocycles. The number of aliphatic hydroxyl groups is 1. The summed E-state index contributed by atoms with van der Waals surface area (Å²) in [5.41, 5.74) is -0.603. The van der Waals surface area contributed by atoms with Crippen LogP contribution in [-0.4, -0.2) is 50.5 Å². The van der Waals surface area contributed by atoms with E-state index in [0.29, 0.717) is 12.3 Å². The maximum atomic E-state index is 10.6. The second-order valence-electron chi connectivity index (χ2n) is 5.96. The van der Waals surface area contributed by atoms with E-state index in [0.717, 1.165) is 38.3 Å². The van der Waals surface area contributed by atoms with Crippen LogP contribution in [-0.2, 0) is 13.0 Å². The first-order chi connectivity index (χ1) is 8.48. The fourth-order valence-corrected chi connectivity index (χ4v) is 2.43. The van der Waals surface area contributed by atoms with Gasteiger partial charge in [-0.25, -0.2) is 9.67 Å². The van der Waals surface area contributed by atoms with Crippen molar-refractivity contribution in [3.8, 4) is 0 Å². The van der Waals surface area contributed by atoms with E-state index in [9.17, 15) is 5.11 Å². The zero-order valence-corrected chi connectivity index (χ0v) is 11.6. The SMILES string of the molecule is CC(C)Cn1ncnc1CC1(O)CCN(C)CC1. The summed E-state index contributed by atoms with van der Waals surface area (Å²) in [6.45, 7) is 7.10. The van der Waals surface area contributed by atoms with Crippen molar-refractivity contribution in [2.45, 2.75) is 45.3 Å². The van der Waals surface area contributed by atoms with Gasteiger partial charge in [0, 0.05) is 26.1 Å². The molecule has 0 amide bonds. The van der Waals surface area contributed by atoms with Gasteiger partial charge in [-0.05, 0) is 25.8 Å². The van der Waals surface area contributed by atoms with Gasteiger partial charge in [-0.15, -0.1) is 0 Å². The minimum atomic E-state index is -0.603. The van der Waals surface area contributed by atoms with Crippen LogP contribution in [0.1, 0.15) is 32.5 Å². The maximum Gasteiger partial charge on any atom is 0.138 e. The van der Waals surface area contributed by atoms with Crippen LogP contribution >= 0.6 is 0 Å². The molecule has 102 valence electrons. The van der Waals surface area contributed by atoms with E-state index in [2.05, 4.69) is 35.9 Å². The largest absolute Gasteiger partial charge is 0.389 e. The van der Waals surface area contributed by atoms with Crippen molar-refractivity contribution in [2.75, 3.05) is 20.1 Å². The van der Waals surface area contributed by atoms with Gasteiger partial charge in [0.1, 0.15) is 12.2 Å². The highest BCUT2D eigenvalue weighted by Gasteiger charge is 2.32. The predicted molar refractivity (Wildman–Crippen MR) is 70.2 cm³/mol. The van der Waals surface area contributed by atoms with Gasteiger partial charge >= 0.3 is 0 Å². The quantitative estimate of drug-likeness (QED) is 0.866.